The van der Waals surface area contributed by atoms with Crippen molar-refractivity contribution in [3.05, 3.63) is 99.8 Å². The van der Waals surface area contributed by atoms with Crippen LogP contribution in [-0.2, 0) is 6.54 Å². The maximum absolute atomic E-state index is 12.6. The molecule has 1 heterocycles. The van der Waals surface area contributed by atoms with E-state index in [2.05, 4.69) is 9.88 Å². The van der Waals surface area contributed by atoms with Gasteiger partial charge in [0.15, 0.2) is 0 Å². The van der Waals surface area contributed by atoms with Crippen molar-refractivity contribution in [1.29, 1.82) is 0 Å². The van der Waals surface area contributed by atoms with Gasteiger partial charge in [0.05, 0.1) is 23.6 Å². The summed E-state index contributed by atoms with van der Waals surface area (Å²) in [5, 5.41) is 4.24. The molecule has 0 aliphatic heterocycles. The highest BCUT2D eigenvalue weighted by molar-refractivity contribution is 6.35. The van der Waals surface area contributed by atoms with E-state index in [0.29, 0.717) is 22.2 Å². The minimum absolute atomic E-state index is 0.138. The van der Waals surface area contributed by atoms with E-state index in [0.717, 1.165) is 22.4 Å². The van der Waals surface area contributed by atoms with Gasteiger partial charge in [-0.25, -0.2) is 4.98 Å². The maximum atomic E-state index is 12.6. The first kappa shape index (κ1) is 19.5. The molecule has 0 fully saturated rings. The number of hydrogen-bond acceptors (Lipinski definition) is 2. The van der Waals surface area contributed by atoms with Gasteiger partial charge in [-0.3, -0.25) is 4.79 Å². The molecule has 0 aliphatic rings. The Hall–Kier alpha value is -2.82. The number of fused-ring (bicyclic) bond motifs is 1. The van der Waals surface area contributed by atoms with Crippen molar-refractivity contribution in [1.82, 2.24) is 14.9 Å². The topological polar surface area (TPSA) is 46.9 Å². The molecule has 0 unspecified atom stereocenters. The largest absolute Gasteiger partial charge is 0.342 e. The van der Waals surface area contributed by atoms with Crippen LogP contribution in [0.5, 0.6) is 0 Å². The molecule has 0 bridgehead atoms. The molecule has 0 radical (unpaired) electrons. The predicted octanol–water partition coefficient (Wildman–Crippen LogP) is 5.88. The quantitative estimate of drug-likeness (QED) is 0.435. The Morgan fingerprint density at radius 1 is 1.03 bits per heavy atom. The Balaban J connectivity index is 1.70. The molecule has 4 aromatic rings. The number of aromatic nitrogens is 2. The fraction of sp³-hybridized carbons (Fsp3) is 0.130. The molecule has 0 aliphatic carbocycles. The number of carbonyl (C=O) groups excluding carboxylic acids is 1. The van der Waals surface area contributed by atoms with Gasteiger partial charge in [0.2, 0.25) is 0 Å². The van der Waals surface area contributed by atoms with E-state index < -0.39 is 0 Å². The molecular formula is C23H19Cl2N3O. The Bertz CT molecular complexity index is 1170. The van der Waals surface area contributed by atoms with Gasteiger partial charge in [-0.15, -0.1) is 0 Å². The van der Waals surface area contributed by atoms with E-state index >= 15 is 0 Å². The van der Waals surface area contributed by atoms with Crippen molar-refractivity contribution in [3.63, 3.8) is 0 Å². The molecule has 0 saturated carbocycles. The van der Waals surface area contributed by atoms with Crippen LogP contribution in [0.1, 0.15) is 34.7 Å². The zero-order chi connectivity index (χ0) is 20.4. The molecule has 1 N–H and O–H groups in total. The van der Waals surface area contributed by atoms with E-state index in [1.807, 2.05) is 61.5 Å². The normalized spacial score (nSPS) is 12.1. The van der Waals surface area contributed by atoms with Crippen LogP contribution in [0.25, 0.3) is 11.0 Å². The third-order valence-electron chi connectivity index (χ3n) is 4.80. The zero-order valence-corrected chi connectivity index (χ0v) is 17.3. The van der Waals surface area contributed by atoms with E-state index in [1.54, 1.807) is 18.2 Å². The molecular weight excluding hydrogens is 405 g/mol. The van der Waals surface area contributed by atoms with Crippen LogP contribution < -0.4 is 5.32 Å². The van der Waals surface area contributed by atoms with Crippen LogP contribution in [0, 0.1) is 0 Å². The summed E-state index contributed by atoms with van der Waals surface area (Å²) in [7, 11) is 0. The lowest BCUT2D eigenvalue weighted by Gasteiger charge is -2.17. The average Bonchev–Trinajstić information content (AvgIpc) is 3.09. The summed E-state index contributed by atoms with van der Waals surface area (Å²) in [5.41, 5.74) is 3.40. The second-order valence-electron chi connectivity index (χ2n) is 6.84. The first-order valence-electron chi connectivity index (χ1n) is 9.28. The number of imidazole rings is 1. The van der Waals surface area contributed by atoms with E-state index in [-0.39, 0.29) is 11.9 Å². The number of benzene rings is 3. The number of nitrogens with zero attached hydrogens (tertiary/aromatic N) is 2. The van der Waals surface area contributed by atoms with Gasteiger partial charge >= 0.3 is 0 Å². The van der Waals surface area contributed by atoms with Crippen LogP contribution in [0.3, 0.4) is 0 Å². The van der Waals surface area contributed by atoms with Crippen LogP contribution in [0.15, 0.2) is 72.8 Å². The highest BCUT2D eigenvalue weighted by Crippen LogP contribution is 2.26. The SMILES string of the molecule is C[C@H](NC(=O)c1ccccc1)c1nc2ccccc2n1Cc1ccc(Cl)cc1Cl. The summed E-state index contributed by atoms with van der Waals surface area (Å²) in [6.07, 6.45) is 0. The molecule has 1 amide bonds. The summed E-state index contributed by atoms with van der Waals surface area (Å²) in [6.45, 7) is 2.46. The Morgan fingerprint density at radius 2 is 1.76 bits per heavy atom. The van der Waals surface area contributed by atoms with Crippen molar-refractivity contribution >= 4 is 40.1 Å². The first-order chi connectivity index (χ1) is 14.0. The summed E-state index contributed by atoms with van der Waals surface area (Å²) in [4.78, 5) is 17.4. The van der Waals surface area contributed by atoms with Gasteiger partial charge in [-0.2, -0.15) is 0 Å². The third-order valence-corrected chi connectivity index (χ3v) is 5.39. The average molecular weight is 424 g/mol. The second-order valence-corrected chi connectivity index (χ2v) is 7.69. The number of rotatable bonds is 5. The van der Waals surface area contributed by atoms with E-state index in [1.165, 1.54) is 0 Å². The fourth-order valence-corrected chi connectivity index (χ4v) is 3.81. The highest BCUT2D eigenvalue weighted by atomic mass is 35.5. The summed E-state index contributed by atoms with van der Waals surface area (Å²) < 4.78 is 2.08. The zero-order valence-electron chi connectivity index (χ0n) is 15.8. The van der Waals surface area contributed by atoms with Crippen molar-refractivity contribution in [2.75, 3.05) is 0 Å². The van der Waals surface area contributed by atoms with Gasteiger partial charge in [0.1, 0.15) is 5.82 Å². The molecule has 0 saturated heterocycles. The number of carbonyl (C=O) groups is 1. The van der Waals surface area contributed by atoms with Gasteiger partial charge in [0, 0.05) is 15.6 Å². The van der Waals surface area contributed by atoms with Crippen molar-refractivity contribution in [2.24, 2.45) is 0 Å². The number of amides is 1. The first-order valence-corrected chi connectivity index (χ1v) is 10.0. The van der Waals surface area contributed by atoms with Gasteiger partial charge < -0.3 is 9.88 Å². The molecule has 4 rings (SSSR count). The van der Waals surface area contributed by atoms with Gasteiger partial charge in [-0.1, -0.05) is 59.6 Å². The van der Waals surface area contributed by atoms with Crippen molar-refractivity contribution < 1.29 is 4.79 Å². The Kier molecular flexibility index (Phi) is 5.56. The third kappa shape index (κ3) is 4.14. The van der Waals surface area contributed by atoms with Crippen LogP contribution in [-0.4, -0.2) is 15.5 Å². The van der Waals surface area contributed by atoms with E-state index in [9.17, 15) is 4.79 Å². The van der Waals surface area contributed by atoms with E-state index in [4.69, 9.17) is 28.2 Å². The molecule has 3 aromatic carbocycles. The van der Waals surface area contributed by atoms with Crippen LogP contribution in [0.4, 0.5) is 0 Å². The lowest BCUT2D eigenvalue weighted by atomic mass is 10.2. The maximum Gasteiger partial charge on any atom is 0.251 e. The van der Waals surface area contributed by atoms with Crippen LogP contribution in [0.2, 0.25) is 10.0 Å². The molecule has 6 heteroatoms. The molecule has 4 nitrogen and oxygen atoms in total. The number of nitrogens with one attached hydrogen (secondary N) is 1. The lowest BCUT2D eigenvalue weighted by molar-refractivity contribution is 0.0938. The molecule has 1 aromatic heterocycles. The molecule has 29 heavy (non-hydrogen) atoms. The standard InChI is InChI=1S/C23H19Cl2N3O/c1-15(26-23(29)16-7-3-2-4-8-16)22-27-20-9-5-6-10-21(20)28(22)14-17-11-12-18(24)13-19(17)25/h2-13,15H,14H2,1H3,(H,26,29)/t15-/m0/s1. The smallest absolute Gasteiger partial charge is 0.251 e. The van der Waals surface area contributed by atoms with Crippen molar-refractivity contribution in [2.45, 2.75) is 19.5 Å². The number of hydrogen-bond donors (Lipinski definition) is 1. The second kappa shape index (κ2) is 8.27. The Morgan fingerprint density at radius 3 is 2.52 bits per heavy atom. The number of para-hydroxylation sites is 2. The lowest BCUT2D eigenvalue weighted by Crippen LogP contribution is -2.28. The van der Waals surface area contributed by atoms with Gasteiger partial charge in [0.25, 0.3) is 5.91 Å². The predicted molar refractivity (Wildman–Crippen MR) is 118 cm³/mol. The molecule has 146 valence electrons. The minimum Gasteiger partial charge on any atom is -0.342 e. The molecule has 1 atom stereocenters. The van der Waals surface area contributed by atoms with Crippen LogP contribution >= 0.6 is 23.2 Å². The fourth-order valence-electron chi connectivity index (χ4n) is 3.35. The summed E-state index contributed by atoms with van der Waals surface area (Å²) in [5.74, 6) is 0.628. The Labute approximate surface area is 179 Å². The minimum atomic E-state index is -0.291. The summed E-state index contributed by atoms with van der Waals surface area (Å²) >= 11 is 12.4. The molecule has 0 spiro atoms. The van der Waals surface area contributed by atoms with Gasteiger partial charge in [-0.05, 0) is 48.9 Å². The highest BCUT2D eigenvalue weighted by Gasteiger charge is 2.19. The van der Waals surface area contributed by atoms with Crippen molar-refractivity contribution in [3.8, 4) is 0 Å². The number of halogens is 2. The summed E-state index contributed by atoms with van der Waals surface area (Å²) in [6, 6.07) is 22.2. The monoisotopic (exact) mass is 423 g/mol.